The Bertz CT molecular complexity index is 665. The second kappa shape index (κ2) is 8.87. The molecule has 0 aliphatic rings. The Balaban J connectivity index is 1.78. The summed E-state index contributed by atoms with van der Waals surface area (Å²) >= 11 is 0. The van der Waals surface area contributed by atoms with E-state index in [0.717, 1.165) is 24.0 Å². The van der Waals surface area contributed by atoms with Crippen LogP contribution >= 0.6 is 0 Å². The van der Waals surface area contributed by atoms with Crippen LogP contribution < -0.4 is 5.32 Å². The number of nitrogens with one attached hydrogen (secondary N) is 1. The van der Waals surface area contributed by atoms with Crippen molar-refractivity contribution in [3.8, 4) is 0 Å². The molecule has 4 heteroatoms. The molecule has 24 heavy (non-hydrogen) atoms. The molecule has 1 amide bonds. The fourth-order valence-electron chi connectivity index (χ4n) is 2.28. The molecule has 0 bridgehead atoms. The van der Waals surface area contributed by atoms with E-state index in [1.165, 1.54) is 0 Å². The molecule has 0 aliphatic carbocycles. The monoisotopic (exact) mass is 325 g/mol. The number of hydrogen-bond donors (Lipinski definition) is 1. The van der Waals surface area contributed by atoms with Crippen LogP contribution in [0.2, 0.25) is 0 Å². The van der Waals surface area contributed by atoms with Crippen molar-refractivity contribution >= 4 is 11.9 Å². The highest BCUT2D eigenvalue weighted by Gasteiger charge is 2.18. The third kappa shape index (κ3) is 5.23. The van der Waals surface area contributed by atoms with Gasteiger partial charge in [-0.2, -0.15) is 0 Å². The Kier molecular flexibility index (Phi) is 6.55. The van der Waals surface area contributed by atoms with Crippen LogP contribution in [0.3, 0.4) is 0 Å². The van der Waals surface area contributed by atoms with Crippen LogP contribution in [-0.4, -0.2) is 24.5 Å². The van der Waals surface area contributed by atoms with Gasteiger partial charge in [-0.15, -0.1) is 0 Å². The molecule has 1 atom stereocenters. The Morgan fingerprint density at radius 2 is 1.67 bits per heavy atom. The van der Waals surface area contributed by atoms with Gasteiger partial charge in [-0.3, -0.25) is 4.79 Å². The molecular weight excluding hydrogens is 302 g/mol. The van der Waals surface area contributed by atoms with Gasteiger partial charge >= 0.3 is 5.97 Å². The summed E-state index contributed by atoms with van der Waals surface area (Å²) in [6.45, 7) is 4.14. The maximum atomic E-state index is 12.1. The van der Waals surface area contributed by atoms with Crippen molar-refractivity contribution in [2.24, 2.45) is 0 Å². The van der Waals surface area contributed by atoms with E-state index in [4.69, 9.17) is 4.74 Å². The predicted molar refractivity (Wildman–Crippen MR) is 93.9 cm³/mol. The first kappa shape index (κ1) is 17.7. The fraction of sp³-hybridized carbons (Fsp3) is 0.300. The van der Waals surface area contributed by atoms with Crippen LogP contribution in [0.5, 0.6) is 0 Å². The average Bonchev–Trinajstić information content (AvgIpc) is 2.62. The van der Waals surface area contributed by atoms with Gasteiger partial charge in [0.05, 0.1) is 5.56 Å². The molecule has 0 radical (unpaired) electrons. The van der Waals surface area contributed by atoms with Gasteiger partial charge in [-0.05, 0) is 43.0 Å². The number of carbonyl (C=O) groups is 2. The second-order valence-corrected chi connectivity index (χ2v) is 5.62. The van der Waals surface area contributed by atoms with E-state index in [-0.39, 0.29) is 5.91 Å². The smallest absolute Gasteiger partial charge is 0.338 e. The molecule has 0 saturated heterocycles. The molecule has 4 nitrogen and oxygen atoms in total. The SMILES string of the molecule is CCc1ccc(C(=O)O[C@@H](C)C(=O)NCCc2ccccc2)cc1. The van der Waals surface area contributed by atoms with E-state index in [0.29, 0.717) is 12.1 Å². The normalized spacial score (nSPS) is 11.6. The van der Waals surface area contributed by atoms with E-state index in [1.807, 2.05) is 42.5 Å². The average molecular weight is 325 g/mol. The van der Waals surface area contributed by atoms with Crippen molar-refractivity contribution in [3.05, 3.63) is 71.3 Å². The van der Waals surface area contributed by atoms with Gasteiger partial charge in [0.25, 0.3) is 5.91 Å². The van der Waals surface area contributed by atoms with Gasteiger partial charge < -0.3 is 10.1 Å². The van der Waals surface area contributed by atoms with E-state index in [2.05, 4.69) is 12.2 Å². The van der Waals surface area contributed by atoms with Gasteiger partial charge in [0, 0.05) is 6.54 Å². The van der Waals surface area contributed by atoms with E-state index in [1.54, 1.807) is 19.1 Å². The predicted octanol–water partition coefficient (Wildman–Crippen LogP) is 3.15. The van der Waals surface area contributed by atoms with Crippen molar-refractivity contribution < 1.29 is 14.3 Å². The van der Waals surface area contributed by atoms with Gasteiger partial charge in [0.2, 0.25) is 0 Å². The van der Waals surface area contributed by atoms with Crippen LogP contribution in [-0.2, 0) is 22.4 Å². The summed E-state index contributed by atoms with van der Waals surface area (Å²) in [5.74, 6) is -0.771. The van der Waals surface area contributed by atoms with Crippen molar-refractivity contribution in [1.82, 2.24) is 5.32 Å². The minimum atomic E-state index is -0.820. The number of carbonyl (C=O) groups excluding carboxylic acids is 2. The number of benzene rings is 2. The minimum Gasteiger partial charge on any atom is -0.449 e. The summed E-state index contributed by atoms with van der Waals surface area (Å²) in [5.41, 5.74) is 2.76. The lowest BCUT2D eigenvalue weighted by molar-refractivity contribution is -0.129. The molecule has 0 heterocycles. The minimum absolute atomic E-state index is 0.288. The molecule has 126 valence electrons. The summed E-state index contributed by atoms with van der Waals surface area (Å²) in [5, 5.41) is 2.79. The third-order valence-electron chi connectivity index (χ3n) is 3.81. The van der Waals surface area contributed by atoms with Crippen LogP contribution in [0.4, 0.5) is 0 Å². The summed E-state index contributed by atoms with van der Waals surface area (Å²) in [6, 6.07) is 17.1. The number of amides is 1. The molecule has 0 aliphatic heterocycles. The van der Waals surface area contributed by atoms with Crippen molar-refractivity contribution in [3.63, 3.8) is 0 Å². The van der Waals surface area contributed by atoms with Crippen molar-refractivity contribution in [2.45, 2.75) is 32.8 Å². The molecule has 0 spiro atoms. The van der Waals surface area contributed by atoms with E-state index >= 15 is 0 Å². The maximum absolute atomic E-state index is 12.1. The lowest BCUT2D eigenvalue weighted by Gasteiger charge is -2.13. The largest absolute Gasteiger partial charge is 0.449 e. The Hall–Kier alpha value is -2.62. The standard InChI is InChI=1S/C20H23NO3/c1-3-16-9-11-18(12-10-16)20(23)24-15(2)19(22)21-14-13-17-7-5-4-6-8-17/h4-12,15H,3,13-14H2,1-2H3,(H,21,22)/t15-/m0/s1. The lowest BCUT2D eigenvalue weighted by Crippen LogP contribution is -2.36. The Morgan fingerprint density at radius 3 is 2.29 bits per heavy atom. The molecule has 2 rings (SSSR count). The first-order valence-electron chi connectivity index (χ1n) is 8.21. The first-order chi connectivity index (χ1) is 11.6. The van der Waals surface area contributed by atoms with Crippen molar-refractivity contribution in [1.29, 1.82) is 0 Å². The summed E-state index contributed by atoms with van der Waals surface area (Å²) < 4.78 is 5.22. The van der Waals surface area contributed by atoms with Crippen LogP contribution in [0.1, 0.15) is 35.3 Å². The van der Waals surface area contributed by atoms with Crippen LogP contribution in [0.25, 0.3) is 0 Å². The Morgan fingerprint density at radius 1 is 1.00 bits per heavy atom. The zero-order valence-corrected chi connectivity index (χ0v) is 14.1. The molecule has 0 saturated carbocycles. The fourth-order valence-corrected chi connectivity index (χ4v) is 2.28. The zero-order chi connectivity index (χ0) is 17.4. The molecular formula is C20H23NO3. The highest BCUT2D eigenvalue weighted by Crippen LogP contribution is 2.08. The molecule has 1 N–H and O–H groups in total. The molecule has 0 fully saturated rings. The maximum Gasteiger partial charge on any atom is 0.338 e. The highest BCUT2D eigenvalue weighted by molar-refractivity contribution is 5.92. The van der Waals surface area contributed by atoms with Gasteiger partial charge in [0.15, 0.2) is 6.10 Å². The van der Waals surface area contributed by atoms with E-state index < -0.39 is 12.1 Å². The number of ether oxygens (including phenoxy) is 1. The zero-order valence-electron chi connectivity index (χ0n) is 14.1. The van der Waals surface area contributed by atoms with Crippen LogP contribution in [0.15, 0.2) is 54.6 Å². The van der Waals surface area contributed by atoms with Crippen LogP contribution in [0, 0.1) is 0 Å². The molecule has 0 aromatic heterocycles. The quantitative estimate of drug-likeness (QED) is 0.796. The van der Waals surface area contributed by atoms with Gasteiger partial charge in [-0.25, -0.2) is 4.79 Å². The van der Waals surface area contributed by atoms with Gasteiger partial charge in [0.1, 0.15) is 0 Å². The van der Waals surface area contributed by atoms with Gasteiger partial charge in [-0.1, -0.05) is 49.4 Å². The number of esters is 1. The number of rotatable bonds is 7. The molecule has 2 aromatic rings. The third-order valence-corrected chi connectivity index (χ3v) is 3.81. The highest BCUT2D eigenvalue weighted by atomic mass is 16.5. The summed E-state index contributed by atoms with van der Waals surface area (Å²) in [6.07, 6.45) is 0.834. The molecule has 0 unspecified atom stereocenters. The number of hydrogen-bond acceptors (Lipinski definition) is 3. The lowest BCUT2D eigenvalue weighted by atomic mass is 10.1. The Labute approximate surface area is 142 Å². The molecule has 2 aromatic carbocycles. The topological polar surface area (TPSA) is 55.4 Å². The van der Waals surface area contributed by atoms with E-state index in [9.17, 15) is 9.59 Å². The first-order valence-corrected chi connectivity index (χ1v) is 8.21. The summed E-state index contributed by atoms with van der Waals surface area (Å²) in [7, 11) is 0. The summed E-state index contributed by atoms with van der Waals surface area (Å²) in [4.78, 5) is 24.1. The van der Waals surface area contributed by atoms with Crippen molar-refractivity contribution in [2.75, 3.05) is 6.54 Å². The number of aryl methyl sites for hydroxylation is 1. The second-order valence-electron chi connectivity index (χ2n) is 5.62.